The molecule has 0 bridgehead atoms. The van der Waals surface area contributed by atoms with Crippen LogP contribution >= 0.6 is 0 Å². The van der Waals surface area contributed by atoms with Crippen molar-refractivity contribution in [2.45, 2.75) is 0 Å². The van der Waals surface area contributed by atoms with Crippen LogP contribution in [0, 0.1) is 6.07 Å². The minimum Gasteiger partial charge on any atom is -0.206 e. The van der Waals surface area contributed by atoms with Crippen LogP contribution in [0.15, 0.2) is 24.3 Å². The molecular weight excluding hydrogens is 269 g/mol. The van der Waals surface area contributed by atoms with Crippen LogP contribution in [0.3, 0.4) is 0 Å². The monoisotopic (exact) mass is 274 g/mol. The fourth-order valence-electron chi connectivity index (χ4n) is 0.407. The van der Waals surface area contributed by atoms with Gasteiger partial charge in [-0.1, -0.05) is 0 Å². The minimum atomic E-state index is 0. The van der Waals surface area contributed by atoms with Crippen molar-refractivity contribution in [2.24, 2.45) is 0 Å². The molecule has 2 heteroatoms. The Balaban J connectivity index is 0.000000490. The Hall–Kier alpha value is -0.0527. The zero-order chi connectivity index (χ0) is 5.11. The Morgan fingerprint density at radius 1 is 1.38 bits per heavy atom. The SMILES string of the molecule is [B]c1[c-]cccc1.[Re]. The van der Waals surface area contributed by atoms with Crippen LogP contribution < -0.4 is 5.46 Å². The molecule has 0 amide bonds. The van der Waals surface area contributed by atoms with Crippen LogP contribution in [0.5, 0.6) is 0 Å². The summed E-state index contributed by atoms with van der Waals surface area (Å²) in [6.45, 7) is 0. The molecule has 0 spiro atoms. The zero-order valence-electron chi connectivity index (χ0n) is 4.26. The molecule has 0 atom stereocenters. The first-order valence-electron chi connectivity index (χ1n) is 2.12. The Bertz CT molecular complexity index is 138. The summed E-state index contributed by atoms with van der Waals surface area (Å²) in [4.78, 5) is 0. The van der Waals surface area contributed by atoms with Crippen molar-refractivity contribution in [3.63, 3.8) is 0 Å². The van der Waals surface area contributed by atoms with E-state index in [1.165, 1.54) is 0 Å². The molecule has 0 aliphatic carbocycles. The Morgan fingerprint density at radius 3 is 2.38 bits per heavy atom. The van der Waals surface area contributed by atoms with E-state index in [0.717, 1.165) is 0 Å². The predicted octanol–water partition coefficient (Wildman–Crippen LogP) is 0.278. The summed E-state index contributed by atoms with van der Waals surface area (Å²) in [5, 5.41) is 0. The molecule has 0 aliphatic heterocycles. The minimum absolute atomic E-state index is 0. The standard InChI is InChI=1S/C6H4B.Re/c7-6-4-2-1-3-5-6;/h1-4H;/q-1;. The number of rotatable bonds is 0. The van der Waals surface area contributed by atoms with Gasteiger partial charge in [-0.15, -0.1) is 0 Å². The van der Waals surface area contributed by atoms with Crippen LogP contribution in [0.25, 0.3) is 0 Å². The second-order valence-electron chi connectivity index (χ2n) is 1.32. The predicted molar refractivity (Wildman–Crippen MR) is 30.7 cm³/mol. The van der Waals surface area contributed by atoms with E-state index in [-0.39, 0.29) is 20.4 Å². The first-order valence-corrected chi connectivity index (χ1v) is 2.12. The molecule has 1 aromatic carbocycles. The average Bonchev–Trinajstić information content (AvgIpc) is 1.69. The maximum Gasteiger partial charge on any atom is 0.0772 e. The molecule has 1 rings (SSSR count). The largest absolute Gasteiger partial charge is 0.206 e. The topological polar surface area (TPSA) is 0 Å². The first kappa shape index (κ1) is 7.95. The van der Waals surface area contributed by atoms with E-state index in [0.29, 0.717) is 5.46 Å². The first-order chi connectivity index (χ1) is 3.39. The van der Waals surface area contributed by atoms with E-state index in [1.54, 1.807) is 12.1 Å². The number of benzene rings is 1. The summed E-state index contributed by atoms with van der Waals surface area (Å²) in [7, 11) is 5.30. The third-order valence-corrected chi connectivity index (χ3v) is 0.733. The van der Waals surface area contributed by atoms with Crippen molar-refractivity contribution in [1.82, 2.24) is 0 Å². The van der Waals surface area contributed by atoms with Gasteiger partial charge in [0.1, 0.15) is 0 Å². The van der Waals surface area contributed by atoms with Crippen molar-refractivity contribution in [2.75, 3.05) is 0 Å². The van der Waals surface area contributed by atoms with Crippen molar-refractivity contribution < 1.29 is 20.4 Å². The summed E-state index contributed by atoms with van der Waals surface area (Å²) in [5.74, 6) is 0. The molecule has 0 aromatic heterocycles. The quantitative estimate of drug-likeness (QED) is 0.470. The van der Waals surface area contributed by atoms with Crippen molar-refractivity contribution in [1.29, 1.82) is 0 Å². The fourth-order valence-corrected chi connectivity index (χ4v) is 0.407. The van der Waals surface area contributed by atoms with Gasteiger partial charge in [0.2, 0.25) is 0 Å². The zero-order valence-corrected chi connectivity index (χ0v) is 6.98. The summed E-state index contributed by atoms with van der Waals surface area (Å²) >= 11 is 0. The number of hydrogen-bond donors (Lipinski definition) is 0. The van der Waals surface area contributed by atoms with Gasteiger partial charge < -0.3 is 0 Å². The molecule has 3 radical (unpaired) electrons. The van der Waals surface area contributed by atoms with Gasteiger partial charge in [-0.3, -0.25) is 0 Å². The van der Waals surface area contributed by atoms with E-state index in [1.807, 2.05) is 12.1 Å². The van der Waals surface area contributed by atoms with Crippen LogP contribution in [-0.2, 0) is 20.4 Å². The van der Waals surface area contributed by atoms with Crippen molar-refractivity contribution in [3.8, 4) is 0 Å². The second kappa shape index (κ2) is 3.89. The molecule has 0 nitrogen and oxygen atoms in total. The van der Waals surface area contributed by atoms with Crippen LogP contribution in [0.2, 0.25) is 0 Å². The molecule has 0 heterocycles. The molecule has 0 saturated heterocycles. The van der Waals surface area contributed by atoms with E-state index in [9.17, 15) is 0 Å². The van der Waals surface area contributed by atoms with E-state index < -0.39 is 0 Å². The van der Waals surface area contributed by atoms with Crippen LogP contribution in [0.4, 0.5) is 0 Å². The normalized spacial score (nSPS) is 7.50. The van der Waals surface area contributed by atoms with Gasteiger partial charge in [0.05, 0.1) is 7.85 Å². The van der Waals surface area contributed by atoms with Gasteiger partial charge in [0, 0.05) is 20.4 Å². The third kappa shape index (κ3) is 2.30. The van der Waals surface area contributed by atoms with Crippen molar-refractivity contribution >= 4 is 13.3 Å². The molecule has 39 valence electrons. The third-order valence-electron chi connectivity index (χ3n) is 0.733. The molecule has 1 aromatic rings. The maximum atomic E-state index is 5.30. The van der Waals surface area contributed by atoms with Gasteiger partial charge in [-0.25, -0.2) is 5.46 Å². The Labute approximate surface area is 64.4 Å². The van der Waals surface area contributed by atoms with Gasteiger partial charge in [0.15, 0.2) is 0 Å². The molecular formula is C6H4BRe-. The molecule has 0 fully saturated rings. The Kier molecular flexibility index (Phi) is 3.86. The molecule has 0 saturated carbocycles. The molecule has 0 unspecified atom stereocenters. The van der Waals surface area contributed by atoms with E-state index >= 15 is 0 Å². The maximum absolute atomic E-state index is 5.30. The molecule has 8 heavy (non-hydrogen) atoms. The van der Waals surface area contributed by atoms with E-state index in [4.69, 9.17) is 7.85 Å². The summed E-state index contributed by atoms with van der Waals surface area (Å²) < 4.78 is 0. The van der Waals surface area contributed by atoms with Crippen molar-refractivity contribution in [3.05, 3.63) is 30.3 Å². The van der Waals surface area contributed by atoms with Gasteiger partial charge in [-0.2, -0.15) is 30.3 Å². The Morgan fingerprint density at radius 2 is 2.12 bits per heavy atom. The summed E-state index contributed by atoms with van der Waals surface area (Å²) in [6, 6.07) is 10.2. The molecule has 0 aliphatic rings. The van der Waals surface area contributed by atoms with Crippen LogP contribution in [-0.4, -0.2) is 7.85 Å². The smallest absolute Gasteiger partial charge is 0.0772 e. The fraction of sp³-hybridized carbons (Fsp3) is 0. The second-order valence-corrected chi connectivity index (χ2v) is 1.32. The van der Waals surface area contributed by atoms with Gasteiger partial charge >= 0.3 is 0 Å². The summed E-state index contributed by atoms with van der Waals surface area (Å²) in [6.07, 6.45) is 0. The van der Waals surface area contributed by atoms with Gasteiger partial charge in [-0.05, 0) is 0 Å². The van der Waals surface area contributed by atoms with E-state index in [2.05, 4.69) is 6.07 Å². The van der Waals surface area contributed by atoms with Gasteiger partial charge in [0.25, 0.3) is 0 Å². The average molecular weight is 273 g/mol. The number of hydrogen-bond acceptors (Lipinski definition) is 0. The molecule has 0 N–H and O–H groups in total. The summed E-state index contributed by atoms with van der Waals surface area (Å²) in [5.41, 5.74) is 0.697. The van der Waals surface area contributed by atoms with Crippen LogP contribution in [0.1, 0.15) is 0 Å².